The quantitative estimate of drug-likeness (QED) is 0.846. The van der Waals surface area contributed by atoms with Crippen LogP contribution >= 0.6 is 0 Å². The van der Waals surface area contributed by atoms with Crippen molar-refractivity contribution >= 4 is 10.0 Å². The van der Waals surface area contributed by atoms with Crippen LogP contribution in [-0.2, 0) is 16.6 Å². The zero-order valence-electron chi connectivity index (χ0n) is 14.1. The van der Waals surface area contributed by atoms with E-state index in [0.717, 1.165) is 30.0 Å². The molecule has 1 aromatic heterocycles. The van der Waals surface area contributed by atoms with Crippen molar-refractivity contribution in [3.63, 3.8) is 0 Å². The molecule has 2 heterocycles. The molecule has 0 N–H and O–H groups in total. The highest BCUT2D eigenvalue weighted by atomic mass is 32.2. The van der Waals surface area contributed by atoms with Crippen LogP contribution in [0.5, 0.6) is 0 Å². The molecule has 6 nitrogen and oxygen atoms in total. The smallest absolute Gasteiger partial charge is 0.243 e. The van der Waals surface area contributed by atoms with E-state index < -0.39 is 10.0 Å². The van der Waals surface area contributed by atoms with Crippen molar-refractivity contribution in [1.82, 2.24) is 14.4 Å². The van der Waals surface area contributed by atoms with Crippen LogP contribution in [-0.4, -0.2) is 49.0 Å². The predicted octanol–water partition coefficient (Wildman–Crippen LogP) is 2.19. The second-order valence-electron chi connectivity index (χ2n) is 6.28. The van der Waals surface area contributed by atoms with Crippen molar-refractivity contribution in [3.05, 3.63) is 47.3 Å². The largest absolute Gasteiger partial charge is 0.361 e. The van der Waals surface area contributed by atoms with Crippen LogP contribution in [0.25, 0.3) is 0 Å². The molecule has 1 aromatic carbocycles. The van der Waals surface area contributed by atoms with E-state index in [1.807, 2.05) is 32.0 Å². The molecule has 24 heavy (non-hydrogen) atoms. The highest BCUT2D eigenvalue weighted by Crippen LogP contribution is 2.19. The van der Waals surface area contributed by atoms with Gasteiger partial charge in [-0.15, -0.1) is 0 Å². The lowest BCUT2D eigenvalue weighted by Crippen LogP contribution is -2.35. The number of aryl methyl sites for hydroxylation is 2. The van der Waals surface area contributed by atoms with Crippen molar-refractivity contribution in [1.29, 1.82) is 0 Å². The van der Waals surface area contributed by atoms with Crippen LogP contribution < -0.4 is 0 Å². The Morgan fingerprint density at radius 1 is 1.08 bits per heavy atom. The van der Waals surface area contributed by atoms with Gasteiger partial charge in [-0.3, -0.25) is 4.90 Å². The van der Waals surface area contributed by atoms with E-state index in [-0.39, 0.29) is 0 Å². The molecule has 1 fully saturated rings. The lowest BCUT2D eigenvalue weighted by molar-refractivity contribution is 0.268. The van der Waals surface area contributed by atoms with E-state index in [9.17, 15) is 8.42 Å². The normalized spacial score (nSPS) is 17.8. The number of hydrogen-bond acceptors (Lipinski definition) is 5. The maximum Gasteiger partial charge on any atom is 0.243 e. The van der Waals surface area contributed by atoms with Gasteiger partial charge in [-0.2, -0.15) is 4.31 Å². The van der Waals surface area contributed by atoms with Crippen LogP contribution in [0.1, 0.15) is 23.4 Å². The summed E-state index contributed by atoms with van der Waals surface area (Å²) in [6, 6.07) is 8.97. The molecule has 0 aliphatic carbocycles. The summed E-state index contributed by atoms with van der Waals surface area (Å²) in [4.78, 5) is 2.59. The lowest BCUT2D eigenvalue weighted by Gasteiger charge is -2.21. The Kier molecular flexibility index (Phi) is 5.03. The van der Waals surface area contributed by atoms with Gasteiger partial charge < -0.3 is 4.52 Å². The summed E-state index contributed by atoms with van der Waals surface area (Å²) in [5, 5.41) is 4.02. The third-order valence-electron chi connectivity index (χ3n) is 4.27. The Balaban J connectivity index is 1.67. The van der Waals surface area contributed by atoms with Crippen LogP contribution in [0, 0.1) is 13.8 Å². The molecule has 1 saturated heterocycles. The van der Waals surface area contributed by atoms with Gasteiger partial charge in [0.2, 0.25) is 10.0 Å². The fraction of sp³-hybridized carbons (Fsp3) is 0.471. The minimum absolute atomic E-state index is 0.369. The molecule has 0 radical (unpaired) electrons. The molecule has 0 bridgehead atoms. The van der Waals surface area contributed by atoms with Crippen molar-refractivity contribution in [2.24, 2.45) is 0 Å². The van der Waals surface area contributed by atoms with E-state index in [0.29, 0.717) is 31.1 Å². The monoisotopic (exact) mass is 349 g/mol. The van der Waals surface area contributed by atoms with Gasteiger partial charge >= 0.3 is 0 Å². The minimum Gasteiger partial charge on any atom is -0.361 e. The zero-order valence-corrected chi connectivity index (χ0v) is 14.9. The molecular weight excluding hydrogens is 326 g/mol. The highest BCUT2D eigenvalue weighted by Gasteiger charge is 2.27. The van der Waals surface area contributed by atoms with Crippen LogP contribution in [0.3, 0.4) is 0 Å². The first-order valence-electron chi connectivity index (χ1n) is 8.16. The van der Waals surface area contributed by atoms with E-state index in [2.05, 4.69) is 10.1 Å². The van der Waals surface area contributed by atoms with Crippen molar-refractivity contribution in [2.75, 3.05) is 26.2 Å². The van der Waals surface area contributed by atoms with E-state index in [1.54, 1.807) is 16.4 Å². The number of aromatic nitrogens is 1. The molecule has 2 aromatic rings. The molecule has 3 rings (SSSR count). The number of hydrogen-bond donors (Lipinski definition) is 0. The first kappa shape index (κ1) is 17.1. The lowest BCUT2D eigenvalue weighted by atomic mass is 10.2. The molecule has 7 heteroatoms. The average Bonchev–Trinajstić information content (AvgIpc) is 2.81. The number of nitrogens with zero attached hydrogens (tertiary/aromatic N) is 3. The molecule has 1 aliphatic rings. The third-order valence-corrected chi connectivity index (χ3v) is 6.18. The molecule has 0 atom stereocenters. The second kappa shape index (κ2) is 7.04. The molecule has 0 saturated carbocycles. The van der Waals surface area contributed by atoms with Gasteiger partial charge in [0, 0.05) is 32.2 Å². The summed E-state index contributed by atoms with van der Waals surface area (Å²) >= 11 is 0. The number of rotatable bonds is 4. The zero-order chi connectivity index (χ0) is 17.2. The molecular formula is C17H23N3O3S. The maximum atomic E-state index is 12.8. The molecule has 130 valence electrons. The first-order valence-corrected chi connectivity index (χ1v) is 9.60. The van der Waals surface area contributed by atoms with E-state index >= 15 is 0 Å². The molecule has 0 spiro atoms. The number of benzene rings is 1. The van der Waals surface area contributed by atoms with Gasteiger partial charge in [0.25, 0.3) is 0 Å². The van der Waals surface area contributed by atoms with Crippen LogP contribution in [0.4, 0.5) is 0 Å². The summed E-state index contributed by atoms with van der Waals surface area (Å²) in [6.07, 6.45) is 0.807. The van der Waals surface area contributed by atoms with Crippen molar-refractivity contribution in [2.45, 2.75) is 31.7 Å². The summed E-state index contributed by atoms with van der Waals surface area (Å²) < 4.78 is 32.3. The maximum absolute atomic E-state index is 12.8. The Morgan fingerprint density at radius 3 is 2.50 bits per heavy atom. The summed E-state index contributed by atoms with van der Waals surface area (Å²) in [7, 11) is -3.42. The van der Waals surface area contributed by atoms with Gasteiger partial charge in [0.15, 0.2) is 0 Å². The Morgan fingerprint density at radius 2 is 1.83 bits per heavy atom. The topological polar surface area (TPSA) is 66.7 Å². The number of sulfonamides is 1. The second-order valence-corrected chi connectivity index (χ2v) is 8.21. The van der Waals surface area contributed by atoms with Gasteiger partial charge in [-0.05, 0) is 38.9 Å². The molecule has 1 aliphatic heterocycles. The highest BCUT2D eigenvalue weighted by molar-refractivity contribution is 7.89. The van der Waals surface area contributed by atoms with Crippen molar-refractivity contribution in [3.8, 4) is 0 Å². The van der Waals surface area contributed by atoms with Crippen LogP contribution in [0.2, 0.25) is 0 Å². The fourth-order valence-electron chi connectivity index (χ4n) is 2.93. The van der Waals surface area contributed by atoms with Crippen molar-refractivity contribution < 1.29 is 12.9 Å². The summed E-state index contributed by atoms with van der Waals surface area (Å²) in [6.45, 7) is 7.09. The third kappa shape index (κ3) is 3.85. The molecule has 0 unspecified atom stereocenters. The fourth-order valence-corrected chi connectivity index (χ4v) is 4.40. The standard InChI is InChI=1S/C17H23N3O3S/c1-14-4-6-17(7-5-14)24(21,22)20-9-3-8-19(10-11-20)13-16-12-15(2)23-18-16/h4-7,12H,3,8-11,13H2,1-2H3. The minimum atomic E-state index is -3.42. The molecule has 0 amide bonds. The average molecular weight is 349 g/mol. The first-order chi connectivity index (χ1) is 11.4. The van der Waals surface area contributed by atoms with Crippen LogP contribution in [0.15, 0.2) is 39.8 Å². The Labute approximate surface area is 143 Å². The van der Waals surface area contributed by atoms with E-state index in [4.69, 9.17) is 4.52 Å². The van der Waals surface area contributed by atoms with Gasteiger partial charge in [0.05, 0.1) is 10.6 Å². The van der Waals surface area contributed by atoms with Gasteiger partial charge in [0.1, 0.15) is 5.76 Å². The predicted molar refractivity (Wildman–Crippen MR) is 91.1 cm³/mol. The Hall–Kier alpha value is -1.70. The summed E-state index contributed by atoms with van der Waals surface area (Å²) in [5.41, 5.74) is 1.95. The summed E-state index contributed by atoms with van der Waals surface area (Å²) in [5.74, 6) is 0.795. The van der Waals surface area contributed by atoms with E-state index in [1.165, 1.54) is 0 Å². The van der Waals surface area contributed by atoms with Gasteiger partial charge in [-0.1, -0.05) is 22.9 Å². The van der Waals surface area contributed by atoms with Gasteiger partial charge in [-0.25, -0.2) is 8.42 Å². The Bertz CT molecular complexity index is 784. The SMILES string of the molecule is Cc1ccc(S(=O)(=O)N2CCCN(Cc3cc(C)on3)CC2)cc1.